The predicted molar refractivity (Wildman–Crippen MR) is 78.9 cm³/mol. The molecule has 0 radical (unpaired) electrons. The standard InChI is InChI=1S/C15H23NOS/c1-16-10-7-15(8-11-16,9-12-17)18-13-14-5-3-2-4-6-14/h2-6,17H,7-13H2,1H3. The molecule has 1 aromatic rings. The maximum atomic E-state index is 9.32. The highest BCUT2D eigenvalue weighted by atomic mass is 32.2. The van der Waals surface area contributed by atoms with Gasteiger partial charge in [-0.15, -0.1) is 0 Å². The predicted octanol–water partition coefficient (Wildman–Crippen LogP) is 2.77. The monoisotopic (exact) mass is 265 g/mol. The van der Waals surface area contributed by atoms with Gasteiger partial charge in [0.25, 0.3) is 0 Å². The van der Waals surface area contributed by atoms with Crippen molar-refractivity contribution >= 4 is 11.8 Å². The minimum atomic E-state index is 0.289. The Bertz CT molecular complexity index is 347. The Morgan fingerprint density at radius 1 is 1.22 bits per heavy atom. The molecular formula is C15H23NOS. The highest BCUT2D eigenvalue weighted by Crippen LogP contribution is 2.40. The number of benzene rings is 1. The quantitative estimate of drug-likeness (QED) is 0.885. The topological polar surface area (TPSA) is 23.5 Å². The molecule has 0 aromatic heterocycles. The van der Waals surface area contributed by atoms with Gasteiger partial charge in [-0.3, -0.25) is 0 Å². The van der Waals surface area contributed by atoms with E-state index in [9.17, 15) is 5.11 Å². The lowest BCUT2D eigenvalue weighted by atomic mass is 9.93. The summed E-state index contributed by atoms with van der Waals surface area (Å²) in [4.78, 5) is 2.39. The molecule has 0 spiro atoms. The third-order valence-corrected chi connectivity index (χ3v) is 5.56. The summed E-state index contributed by atoms with van der Waals surface area (Å²) in [6.45, 7) is 2.62. The van der Waals surface area contributed by atoms with E-state index in [1.165, 1.54) is 18.4 Å². The van der Waals surface area contributed by atoms with Crippen LogP contribution >= 0.6 is 11.8 Å². The van der Waals surface area contributed by atoms with Crippen molar-refractivity contribution < 1.29 is 5.11 Å². The van der Waals surface area contributed by atoms with E-state index < -0.39 is 0 Å². The van der Waals surface area contributed by atoms with Crippen LogP contribution in [-0.4, -0.2) is 41.5 Å². The summed E-state index contributed by atoms with van der Waals surface area (Å²) in [5, 5.41) is 9.32. The second-order valence-electron chi connectivity index (χ2n) is 5.23. The molecule has 0 bridgehead atoms. The van der Waals surface area contributed by atoms with E-state index in [4.69, 9.17) is 0 Å². The van der Waals surface area contributed by atoms with Crippen LogP contribution in [0.3, 0.4) is 0 Å². The number of nitrogens with zero attached hydrogens (tertiary/aromatic N) is 1. The Kier molecular flexibility index (Phi) is 5.10. The van der Waals surface area contributed by atoms with Gasteiger partial charge in [0.2, 0.25) is 0 Å². The number of hydrogen-bond acceptors (Lipinski definition) is 3. The fourth-order valence-corrected chi connectivity index (χ4v) is 3.88. The number of piperidine rings is 1. The van der Waals surface area contributed by atoms with Gasteiger partial charge in [-0.05, 0) is 45.0 Å². The van der Waals surface area contributed by atoms with Crippen LogP contribution in [0.25, 0.3) is 0 Å². The van der Waals surface area contributed by atoms with Crippen molar-refractivity contribution in [1.82, 2.24) is 4.90 Å². The molecule has 1 saturated heterocycles. The first-order valence-electron chi connectivity index (χ1n) is 6.71. The maximum Gasteiger partial charge on any atom is 0.0444 e. The first kappa shape index (κ1) is 13.9. The summed E-state index contributed by atoms with van der Waals surface area (Å²) < 4.78 is 0.289. The van der Waals surface area contributed by atoms with Crippen LogP contribution < -0.4 is 0 Å². The van der Waals surface area contributed by atoms with E-state index >= 15 is 0 Å². The smallest absolute Gasteiger partial charge is 0.0444 e. The molecule has 0 amide bonds. The third kappa shape index (κ3) is 3.74. The zero-order valence-corrected chi connectivity index (χ0v) is 12.0. The zero-order chi connectivity index (χ0) is 12.8. The van der Waals surface area contributed by atoms with Crippen molar-refractivity contribution in [3.8, 4) is 0 Å². The second-order valence-corrected chi connectivity index (χ2v) is 6.68. The normalized spacial score (nSPS) is 19.9. The summed E-state index contributed by atoms with van der Waals surface area (Å²) in [5.74, 6) is 1.06. The van der Waals surface area contributed by atoms with E-state index in [1.807, 2.05) is 11.8 Å². The summed E-state index contributed by atoms with van der Waals surface area (Å²) in [6, 6.07) is 10.6. The molecule has 0 unspecified atom stereocenters. The molecule has 1 heterocycles. The van der Waals surface area contributed by atoms with Gasteiger partial charge in [-0.1, -0.05) is 30.3 Å². The molecule has 0 atom stereocenters. The van der Waals surface area contributed by atoms with Crippen molar-refractivity contribution in [1.29, 1.82) is 0 Å². The first-order chi connectivity index (χ1) is 8.74. The van der Waals surface area contributed by atoms with Crippen LogP contribution in [0.2, 0.25) is 0 Å². The average Bonchev–Trinajstić information content (AvgIpc) is 2.41. The molecule has 100 valence electrons. The van der Waals surface area contributed by atoms with Crippen molar-refractivity contribution in [2.24, 2.45) is 0 Å². The first-order valence-corrected chi connectivity index (χ1v) is 7.70. The van der Waals surface area contributed by atoms with Crippen molar-refractivity contribution in [2.75, 3.05) is 26.7 Å². The summed E-state index contributed by atoms with van der Waals surface area (Å²) >= 11 is 2.04. The van der Waals surface area contributed by atoms with Gasteiger partial charge in [0.1, 0.15) is 0 Å². The fourth-order valence-electron chi connectivity index (χ4n) is 2.51. The van der Waals surface area contributed by atoms with Crippen molar-refractivity contribution in [2.45, 2.75) is 29.8 Å². The molecule has 0 aliphatic carbocycles. The lowest BCUT2D eigenvalue weighted by Gasteiger charge is -2.40. The van der Waals surface area contributed by atoms with Gasteiger partial charge in [-0.2, -0.15) is 11.8 Å². The maximum absolute atomic E-state index is 9.32. The molecule has 2 nitrogen and oxygen atoms in total. The van der Waals surface area contributed by atoms with E-state index in [0.29, 0.717) is 6.61 Å². The van der Waals surface area contributed by atoms with Gasteiger partial charge in [0.05, 0.1) is 0 Å². The Labute approximate surface area is 114 Å². The molecule has 1 aliphatic heterocycles. The highest BCUT2D eigenvalue weighted by molar-refractivity contribution is 7.99. The van der Waals surface area contributed by atoms with Gasteiger partial charge >= 0.3 is 0 Å². The summed E-state index contributed by atoms with van der Waals surface area (Å²) in [6.07, 6.45) is 3.32. The van der Waals surface area contributed by atoms with E-state index in [0.717, 1.165) is 25.3 Å². The molecule has 1 aliphatic rings. The third-order valence-electron chi connectivity index (χ3n) is 3.85. The second kappa shape index (κ2) is 6.60. The van der Waals surface area contributed by atoms with Crippen LogP contribution in [0, 0.1) is 0 Å². The minimum Gasteiger partial charge on any atom is -0.396 e. The SMILES string of the molecule is CN1CCC(CCO)(SCc2ccccc2)CC1. The largest absolute Gasteiger partial charge is 0.396 e. The van der Waals surface area contributed by atoms with Gasteiger partial charge in [0.15, 0.2) is 0 Å². The van der Waals surface area contributed by atoms with Crippen molar-refractivity contribution in [3.63, 3.8) is 0 Å². The van der Waals surface area contributed by atoms with E-state index in [1.54, 1.807) is 0 Å². The lowest BCUT2D eigenvalue weighted by Crippen LogP contribution is -2.41. The van der Waals surface area contributed by atoms with Crippen LogP contribution in [0.1, 0.15) is 24.8 Å². The summed E-state index contributed by atoms with van der Waals surface area (Å²) in [5.41, 5.74) is 1.39. The number of likely N-dealkylation sites (tertiary alicyclic amines) is 1. The van der Waals surface area contributed by atoms with Gasteiger partial charge in [-0.25, -0.2) is 0 Å². The van der Waals surface area contributed by atoms with Crippen LogP contribution in [0.5, 0.6) is 0 Å². The molecule has 0 saturated carbocycles. The Morgan fingerprint density at radius 3 is 2.50 bits per heavy atom. The molecule has 2 rings (SSSR count). The fraction of sp³-hybridized carbons (Fsp3) is 0.600. The van der Waals surface area contributed by atoms with Crippen LogP contribution in [0.4, 0.5) is 0 Å². The Balaban J connectivity index is 1.94. The molecule has 1 N–H and O–H groups in total. The zero-order valence-electron chi connectivity index (χ0n) is 11.1. The minimum absolute atomic E-state index is 0.289. The van der Waals surface area contributed by atoms with Gasteiger partial charge in [0, 0.05) is 17.1 Å². The molecule has 1 fully saturated rings. The summed E-state index contributed by atoms with van der Waals surface area (Å²) in [7, 11) is 2.19. The number of rotatable bonds is 5. The molecular weight excluding hydrogens is 242 g/mol. The van der Waals surface area contributed by atoms with Crippen LogP contribution in [0.15, 0.2) is 30.3 Å². The number of aliphatic hydroxyl groups is 1. The van der Waals surface area contributed by atoms with E-state index in [2.05, 4.69) is 42.3 Å². The number of thioether (sulfide) groups is 1. The lowest BCUT2D eigenvalue weighted by molar-refractivity contribution is 0.199. The molecule has 1 aromatic carbocycles. The molecule has 18 heavy (non-hydrogen) atoms. The number of aliphatic hydroxyl groups excluding tert-OH is 1. The van der Waals surface area contributed by atoms with E-state index in [-0.39, 0.29) is 4.75 Å². The van der Waals surface area contributed by atoms with Gasteiger partial charge < -0.3 is 10.0 Å². The molecule has 3 heteroatoms. The Morgan fingerprint density at radius 2 is 1.89 bits per heavy atom. The van der Waals surface area contributed by atoms with Crippen LogP contribution in [-0.2, 0) is 5.75 Å². The highest BCUT2D eigenvalue weighted by Gasteiger charge is 2.33. The van der Waals surface area contributed by atoms with Crippen molar-refractivity contribution in [3.05, 3.63) is 35.9 Å². The number of hydrogen-bond donors (Lipinski definition) is 1. The average molecular weight is 265 g/mol. The Hall–Kier alpha value is -0.510.